The summed E-state index contributed by atoms with van der Waals surface area (Å²) in [5, 5.41) is 1.04. The van der Waals surface area contributed by atoms with Gasteiger partial charge in [0.05, 0.1) is 18.9 Å². The summed E-state index contributed by atoms with van der Waals surface area (Å²) in [4.78, 5) is 38.7. The highest BCUT2D eigenvalue weighted by atomic mass is 16.5. The molecule has 11 rings (SSSR count). The number of H-pyrrole nitrogens is 1. The van der Waals surface area contributed by atoms with Crippen molar-refractivity contribution in [2.45, 2.75) is 20.4 Å². The van der Waals surface area contributed by atoms with Gasteiger partial charge in [0.25, 0.3) is 0 Å². The third-order valence-corrected chi connectivity index (χ3v) is 12.4. The highest BCUT2D eigenvalue weighted by Crippen LogP contribution is 2.38. The van der Waals surface area contributed by atoms with Crippen molar-refractivity contribution in [2.24, 2.45) is 0 Å². The molecule has 346 valence electrons. The van der Waals surface area contributed by atoms with Crippen LogP contribution in [-0.2, 0) is 6.54 Å². The topological polar surface area (TPSA) is 99.1 Å². The standard InChI is InChI=1S/C35H28N2O2.C28H22N2O2/c1-2-39-30-19-17-27(18-20-30)33-23-32-31(21-22-37(35(32)36-33)24-25-9-5-3-6-10-25)26-13-15-29(16-14-26)34(38)28-11-7-4-8-12-28;1-2-32-23-14-12-20(13-15-23)26-18-25-24(16-17-29-28(25)30-26)19-8-10-22(11-9-19)27(31)21-6-4-3-5-7-21/h3-23H,2,24H2,1H3;3-18H,2H2,1H3,(H,29,30). The first kappa shape index (κ1) is 45.6. The molecular weight excluding hydrogens is 877 g/mol. The first-order chi connectivity index (χ1) is 34.9. The number of nitrogens with one attached hydrogen (secondary N) is 1. The van der Waals surface area contributed by atoms with Crippen LogP contribution in [0.5, 0.6) is 11.5 Å². The zero-order chi connectivity index (χ0) is 48.5. The third kappa shape index (κ3) is 10.2. The van der Waals surface area contributed by atoms with Gasteiger partial charge in [0.15, 0.2) is 11.6 Å². The summed E-state index contributed by atoms with van der Waals surface area (Å²) < 4.78 is 13.4. The zero-order valence-corrected chi connectivity index (χ0v) is 39.5. The highest BCUT2D eigenvalue weighted by molar-refractivity contribution is 6.10. The lowest BCUT2D eigenvalue weighted by atomic mass is 9.96. The Balaban J connectivity index is 0.000000167. The average Bonchev–Trinajstić information content (AvgIpc) is 4.09. The van der Waals surface area contributed by atoms with E-state index < -0.39 is 0 Å². The van der Waals surface area contributed by atoms with E-state index in [9.17, 15) is 9.59 Å². The number of pyridine rings is 2. The van der Waals surface area contributed by atoms with Gasteiger partial charge in [-0.05, 0) is 120 Å². The van der Waals surface area contributed by atoms with Gasteiger partial charge in [0, 0.05) is 63.4 Å². The number of ketones is 2. The first-order valence-corrected chi connectivity index (χ1v) is 23.8. The Labute approximate surface area is 413 Å². The second kappa shape index (κ2) is 21.0. The fourth-order valence-corrected chi connectivity index (χ4v) is 8.79. The lowest BCUT2D eigenvalue weighted by Crippen LogP contribution is -2.05. The van der Waals surface area contributed by atoms with E-state index in [1.807, 2.05) is 172 Å². The van der Waals surface area contributed by atoms with Gasteiger partial charge in [-0.1, -0.05) is 140 Å². The predicted molar refractivity (Wildman–Crippen MR) is 284 cm³/mol. The van der Waals surface area contributed by atoms with Crippen molar-refractivity contribution in [1.29, 1.82) is 0 Å². The summed E-state index contributed by atoms with van der Waals surface area (Å²) in [5.41, 5.74) is 14.1. The molecule has 0 atom stereocenters. The number of carbonyl (C=O) groups excluding carboxylic acids is 2. The maximum atomic E-state index is 12.9. The van der Waals surface area contributed by atoms with Crippen LogP contribution >= 0.6 is 0 Å². The van der Waals surface area contributed by atoms with E-state index in [0.29, 0.717) is 35.5 Å². The number of fused-ring (bicyclic) bond motifs is 2. The molecule has 0 unspecified atom stereocenters. The molecule has 0 amide bonds. The number of rotatable bonds is 14. The number of hydrogen-bond donors (Lipinski definition) is 1. The molecule has 0 bridgehead atoms. The van der Waals surface area contributed by atoms with Crippen LogP contribution < -0.4 is 9.47 Å². The molecule has 0 spiro atoms. The van der Waals surface area contributed by atoms with Crippen molar-refractivity contribution < 1.29 is 19.1 Å². The Morgan fingerprint density at radius 3 is 1.54 bits per heavy atom. The summed E-state index contributed by atoms with van der Waals surface area (Å²) in [6.07, 6.45) is 3.90. The van der Waals surface area contributed by atoms with E-state index in [1.165, 1.54) is 5.56 Å². The highest BCUT2D eigenvalue weighted by Gasteiger charge is 2.20. The number of aromatic nitrogens is 4. The molecule has 8 heteroatoms. The fourth-order valence-electron chi connectivity index (χ4n) is 8.79. The van der Waals surface area contributed by atoms with Crippen LogP contribution in [0.2, 0.25) is 0 Å². The summed E-state index contributed by atoms with van der Waals surface area (Å²) in [7, 11) is 0. The Bertz CT molecular complexity index is 3510. The molecule has 9 aromatic rings. The predicted octanol–water partition coefficient (Wildman–Crippen LogP) is 14.5. The summed E-state index contributed by atoms with van der Waals surface area (Å²) in [6, 6.07) is 69.3. The van der Waals surface area contributed by atoms with Gasteiger partial charge >= 0.3 is 0 Å². The molecule has 8 nitrogen and oxygen atoms in total. The van der Waals surface area contributed by atoms with Crippen molar-refractivity contribution in [3.05, 3.63) is 253 Å². The largest absolute Gasteiger partial charge is 0.494 e. The van der Waals surface area contributed by atoms with Crippen molar-refractivity contribution in [2.75, 3.05) is 13.2 Å². The number of nitrogens with zero attached hydrogens (tertiary/aromatic N) is 3. The number of aromatic amines is 1. The molecule has 0 fully saturated rings. The summed E-state index contributed by atoms with van der Waals surface area (Å²) >= 11 is 0. The quantitative estimate of drug-likeness (QED) is 0.109. The molecule has 2 aliphatic heterocycles. The molecule has 71 heavy (non-hydrogen) atoms. The summed E-state index contributed by atoms with van der Waals surface area (Å²) in [6.45, 7) is 5.96. The number of ether oxygens (including phenoxy) is 2. The maximum absolute atomic E-state index is 12.9. The number of carbonyl (C=O) groups is 2. The van der Waals surface area contributed by atoms with Gasteiger partial charge in [-0.15, -0.1) is 0 Å². The average molecular weight is 927 g/mol. The summed E-state index contributed by atoms with van der Waals surface area (Å²) in [5.74, 6) is 2.67. The number of hydrogen-bond acceptors (Lipinski definition) is 6. The molecule has 2 aliphatic rings. The van der Waals surface area contributed by atoms with E-state index >= 15 is 0 Å². The molecule has 4 heterocycles. The zero-order valence-electron chi connectivity index (χ0n) is 39.5. The first-order valence-electron chi connectivity index (χ1n) is 23.8. The molecule has 7 aromatic carbocycles. The molecule has 0 saturated carbocycles. The lowest BCUT2D eigenvalue weighted by molar-refractivity contribution is 0.103. The van der Waals surface area contributed by atoms with Crippen molar-refractivity contribution >= 4 is 22.6 Å². The maximum Gasteiger partial charge on any atom is 0.193 e. The van der Waals surface area contributed by atoms with E-state index in [-0.39, 0.29) is 11.6 Å². The van der Waals surface area contributed by atoms with Crippen molar-refractivity contribution in [3.63, 3.8) is 0 Å². The molecule has 0 radical (unpaired) electrons. The van der Waals surface area contributed by atoms with Gasteiger partial charge in [-0.2, -0.15) is 0 Å². The second-order valence-electron chi connectivity index (χ2n) is 17.0. The Morgan fingerprint density at radius 1 is 0.493 bits per heavy atom. The minimum atomic E-state index is 0.0221. The van der Waals surface area contributed by atoms with E-state index in [0.717, 1.165) is 85.2 Å². The van der Waals surface area contributed by atoms with E-state index in [2.05, 4.69) is 75.3 Å². The Kier molecular flexibility index (Phi) is 13.5. The molecule has 1 N–H and O–H groups in total. The van der Waals surface area contributed by atoms with Gasteiger partial charge in [-0.3, -0.25) is 9.59 Å². The number of benzene rings is 7. The smallest absolute Gasteiger partial charge is 0.193 e. The Hall–Kier alpha value is -9.14. The fraction of sp³-hybridized carbons (Fsp3) is 0.0794. The molecule has 0 aliphatic carbocycles. The van der Waals surface area contributed by atoms with Crippen LogP contribution in [0.1, 0.15) is 51.3 Å². The minimum absolute atomic E-state index is 0.0221. The van der Waals surface area contributed by atoms with E-state index in [1.54, 1.807) is 6.20 Å². The van der Waals surface area contributed by atoms with Gasteiger partial charge in [-0.25, -0.2) is 9.97 Å². The molecule has 2 aromatic heterocycles. The Morgan fingerprint density at radius 2 is 0.986 bits per heavy atom. The van der Waals surface area contributed by atoms with Crippen LogP contribution in [0.25, 0.3) is 67.2 Å². The van der Waals surface area contributed by atoms with Crippen LogP contribution in [-0.4, -0.2) is 44.3 Å². The third-order valence-electron chi connectivity index (χ3n) is 12.4. The van der Waals surface area contributed by atoms with Gasteiger partial charge < -0.3 is 19.0 Å². The van der Waals surface area contributed by atoms with Gasteiger partial charge in [0.2, 0.25) is 0 Å². The van der Waals surface area contributed by atoms with Crippen LogP contribution in [0, 0.1) is 0 Å². The van der Waals surface area contributed by atoms with E-state index in [4.69, 9.17) is 14.5 Å². The minimum Gasteiger partial charge on any atom is -0.494 e. The van der Waals surface area contributed by atoms with Gasteiger partial charge in [0.1, 0.15) is 23.0 Å². The van der Waals surface area contributed by atoms with Crippen molar-refractivity contribution in [3.8, 4) is 67.7 Å². The molecule has 0 saturated heterocycles. The SMILES string of the molecule is CCOc1ccc(-c2cc3c(-c4ccc(C(=O)c5ccccc5)cc4)ccn(Cc4ccccc4)c-3n2)cc1.CCOc1ccc(-c2cc3c(-c4ccc(C(=O)c5ccccc5)cc4)ccnc3[nH]2)cc1. The van der Waals surface area contributed by atoms with Crippen molar-refractivity contribution in [1.82, 2.24) is 19.5 Å². The lowest BCUT2D eigenvalue weighted by Gasteiger charge is -2.15. The normalized spacial score (nSPS) is 11.0. The second-order valence-corrected chi connectivity index (χ2v) is 17.0. The van der Waals surface area contributed by atoms with Crippen LogP contribution in [0.15, 0.2) is 225 Å². The van der Waals surface area contributed by atoms with Crippen LogP contribution in [0.4, 0.5) is 0 Å². The molecular formula is C63H50N4O4. The monoisotopic (exact) mass is 926 g/mol. The van der Waals surface area contributed by atoms with Crippen LogP contribution in [0.3, 0.4) is 0 Å².